The van der Waals surface area contributed by atoms with E-state index in [2.05, 4.69) is 5.32 Å². The molecule has 0 saturated heterocycles. The maximum atomic E-state index is 14.7. The molecule has 0 heterocycles. The highest BCUT2D eigenvalue weighted by Crippen LogP contribution is 2.40. The molecule has 0 spiro atoms. The summed E-state index contributed by atoms with van der Waals surface area (Å²) in [6.07, 6.45) is 4.60. The monoisotopic (exact) mass is 221 g/mol. The summed E-state index contributed by atoms with van der Waals surface area (Å²) in [4.78, 5) is 0. The van der Waals surface area contributed by atoms with Crippen molar-refractivity contribution in [1.82, 2.24) is 5.32 Å². The Labute approximate surface area is 97.1 Å². The van der Waals surface area contributed by atoms with Gasteiger partial charge in [-0.15, -0.1) is 0 Å². The van der Waals surface area contributed by atoms with E-state index in [4.69, 9.17) is 0 Å². The summed E-state index contributed by atoms with van der Waals surface area (Å²) < 4.78 is 14.7. The molecule has 0 amide bonds. The smallest absolute Gasteiger partial charge is 0.136 e. The maximum Gasteiger partial charge on any atom is 0.136 e. The van der Waals surface area contributed by atoms with Crippen LogP contribution in [0.2, 0.25) is 0 Å². The van der Waals surface area contributed by atoms with Gasteiger partial charge in [0.1, 0.15) is 5.67 Å². The zero-order chi connectivity index (χ0) is 11.4. The highest BCUT2D eigenvalue weighted by molar-refractivity contribution is 5.28. The number of halogens is 1. The molecule has 0 unspecified atom stereocenters. The van der Waals surface area contributed by atoms with Crippen molar-refractivity contribution in [1.29, 1.82) is 0 Å². The van der Waals surface area contributed by atoms with E-state index in [-0.39, 0.29) is 0 Å². The molecule has 1 aliphatic carbocycles. The number of rotatable bonds is 3. The summed E-state index contributed by atoms with van der Waals surface area (Å²) in [7, 11) is 1.92. The molecular weight excluding hydrogens is 201 g/mol. The van der Waals surface area contributed by atoms with Gasteiger partial charge in [-0.3, -0.25) is 0 Å². The van der Waals surface area contributed by atoms with Crippen LogP contribution in [-0.2, 0) is 12.2 Å². The van der Waals surface area contributed by atoms with Crippen LogP contribution >= 0.6 is 0 Å². The Morgan fingerprint density at radius 2 is 2.00 bits per heavy atom. The highest BCUT2D eigenvalue weighted by atomic mass is 19.1. The van der Waals surface area contributed by atoms with Gasteiger partial charge in [-0.1, -0.05) is 30.7 Å². The van der Waals surface area contributed by atoms with Crippen LogP contribution in [0.4, 0.5) is 4.39 Å². The molecule has 1 saturated carbocycles. The number of alkyl halides is 1. The Morgan fingerprint density at radius 3 is 2.69 bits per heavy atom. The first-order chi connectivity index (χ1) is 7.74. The topological polar surface area (TPSA) is 12.0 Å². The quantitative estimate of drug-likeness (QED) is 0.823. The van der Waals surface area contributed by atoms with Gasteiger partial charge in [-0.05, 0) is 43.9 Å². The Morgan fingerprint density at radius 1 is 1.25 bits per heavy atom. The first kappa shape index (κ1) is 11.6. The summed E-state index contributed by atoms with van der Waals surface area (Å²) in [5, 5.41) is 3.10. The molecule has 2 heteroatoms. The number of hydrogen-bond donors (Lipinski definition) is 1. The first-order valence-corrected chi connectivity index (χ1v) is 6.17. The second kappa shape index (κ2) is 4.96. The second-order valence-corrected chi connectivity index (χ2v) is 4.76. The van der Waals surface area contributed by atoms with Crippen LogP contribution in [0.3, 0.4) is 0 Å². The third-order valence-electron chi connectivity index (χ3n) is 3.47. The Balaban J connectivity index is 2.21. The lowest BCUT2D eigenvalue weighted by atomic mass is 9.81. The molecule has 2 rings (SSSR count). The van der Waals surface area contributed by atoms with Crippen LogP contribution < -0.4 is 5.32 Å². The van der Waals surface area contributed by atoms with Crippen molar-refractivity contribution in [3.8, 4) is 0 Å². The molecule has 0 aromatic heterocycles. The lowest BCUT2D eigenvalue weighted by Gasteiger charge is -2.30. The normalized spacial score (nSPS) is 19.6. The third-order valence-corrected chi connectivity index (χ3v) is 3.47. The van der Waals surface area contributed by atoms with Gasteiger partial charge in [0, 0.05) is 6.54 Å². The van der Waals surface area contributed by atoms with Crippen LogP contribution in [0, 0.1) is 0 Å². The Kier molecular flexibility index (Phi) is 3.59. The predicted octanol–water partition coefficient (Wildman–Crippen LogP) is 3.53. The van der Waals surface area contributed by atoms with Gasteiger partial charge in [0.15, 0.2) is 0 Å². The van der Waals surface area contributed by atoms with Crippen LogP contribution in [0.1, 0.15) is 43.2 Å². The van der Waals surface area contributed by atoms with Crippen molar-refractivity contribution in [3.63, 3.8) is 0 Å². The molecule has 1 aromatic rings. The van der Waals surface area contributed by atoms with E-state index in [0.717, 1.165) is 24.9 Å². The van der Waals surface area contributed by atoms with E-state index in [9.17, 15) is 4.39 Å². The molecule has 1 nitrogen and oxygen atoms in total. The summed E-state index contributed by atoms with van der Waals surface area (Å²) in [6.45, 7) is 0.809. The SMILES string of the molecule is CNCc1cccc(C2(F)CCCCC2)c1. The Hall–Kier alpha value is -0.890. The largest absolute Gasteiger partial charge is 0.316 e. The van der Waals surface area contributed by atoms with Gasteiger partial charge in [0.05, 0.1) is 0 Å². The molecule has 0 bridgehead atoms. The van der Waals surface area contributed by atoms with Crippen LogP contribution in [0.5, 0.6) is 0 Å². The fraction of sp³-hybridized carbons (Fsp3) is 0.571. The van der Waals surface area contributed by atoms with Crippen molar-refractivity contribution in [2.24, 2.45) is 0 Å². The molecular formula is C14H20FN. The minimum Gasteiger partial charge on any atom is -0.316 e. The van der Waals surface area contributed by atoms with Crippen molar-refractivity contribution in [2.45, 2.75) is 44.3 Å². The summed E-state index contributed by atoms with van der Waals surface area (Å²) in [5.74, 6) is 0. The van der Waals surface area contributed by atoms with Crippen molar-refractivity contribution in [3.05, 3.63) is 35.4 Å². The van der Waals surface area contributed by atoms with E-state index in [0.29, 0.717) is 12.8 Å². The van der Waals surface area contributed by atoms with Gasteiger partial charge < -0.3 is 5.32 Å². The summed E-state index contributed by atoms with van der Waals surface area (Å²) in [5.41, 5.74) is 0.977. The van der Waals surface area contributed by atoms with Crippen LogP contribution in [0.15, 0.2) is 24.3 Å². The molecule has 0 atom stereocenters. The predicted molar refractivity (Wildman–Crippen MR) is 65.1 cm³/mol. The average molecular weight is 221 g/mol. The third kappa shape index (κ3) is 2.43. The molecule has 1 N–H and O–H groups in total. The van der Waals surface area contributed by atoms with Gasteiger partial charge >= 0.3 is 0 Å². The fourth-order valence-corrected chi connectivity index (χ4v) is 2.56. The molecule has 1 fully saturated rings. The van der Waals surface area contributed by atoms with Crippen molar-refractivity contribution >= 4 is 0 Å². The molecule has 16 heavy (non-hydrogen) atoms. The standard InChI is InChI=1S/C14H20FN/c1-16-11-12-6-5-7-13(10-12)14(15)8-3-2-4-9-14/h5-7,10,16H,2-4,8-9,11H2,1H3. The average Bonchev–Trinajstić information content (AvgIpc) is 2.31. The molecule has 88 valence electrons. The van der Waals surface area contributed by atoms with Gasteiger partial charge in [0.2, 0.25) is 0 Å². The van der Waals surface area contributed by atoms with E-state index >= 15 is 0 Å². The fourth-order valence-electron chi connectivity index (χ4n) is 2.56. The summed E-state index contributed by atoms with van der Waals surface area (Å²) in [6, 6.07) is 7.97. The molecule has 0 aliphatic heterocycles. The number of hydrogen-bond acceptors (Lipinski definition) is 1. The zero-order valence-electron chi connectivity index (χ0n) is 9.93. The van der Waals surface area contributed by atoms with E-state index in [1.165, 1.54) is 12.0 Å². The van der Waals surface area contributed by atoms with Gasteiger partial charge in [-0.25, -0.2) is 4.39 Å². The number of nitrogens with one attached hydrogen (secondary N) is 1. The van der Waals surface area contributed by atoms with Crippen molar-refractivity contribution in [2.75, 3.05) is 7.05 Å². The van der Waals surface area contributed by atoms with Crippen LogP contribution in [-0.4, -0.2) is 7.05 Å². The Bertz CT molecular complexity index is 342. The second-order valence-electron chi connectivity index (χ2n) is 4.76. The summed E-state index contributed by atoms with van der Waals surface area (Å²) >= 11 is 0. The highest BCUT2D eigenvalue weighted by Gasteiger charge is 2.33. The minimum absolute atomic E-state index is 0.690. The molecule has 0 radical (unpaired) electrons. The molecule has 1 aliphatic rings. The van der Waals surface area contributed by atoms with Crippen LogP contribution in [0.25, 0.3) is 0 Å². The molecule has 1 aromatic carbocycles. The van der Waals surface area contributed by atoms with E-state index in [1.807, 2.05) is 31.3 Å². The first-order valence-electron chi connectivity index (χ1n) is 6.17. The van der Waals surface area contributed by atoms with E-state index in [1.54, 1.807) is 0 Å². The lowest BCUT2D eigenvalue weighted by molar-refractivity contribution is 0.106. The minimum atomic E-state index is -1.07. The maximum absolute atomic E-state index is 14.7. The van der Waals surface area contributed by atoms with Gasteiger partial charge in [-0.2, -0.15) is 0 Å². The van der Waals surface area contributed by atoms with Gasteiger partial charge in [0.25, 0.3) is 0 Å². The van der Waals surface area contributed by atoms with Crippen molar-refractivity contribution < 1.29 is 4.39 Å². The lowest BCUT2D eigenvalue weighted by Crippen LogP contribution is -2.23. The van der Waals surface area contributed by atoms with E-state index < -0.39 is 5.67 Å². The zero-order valence-corrected chi connectivity index (χ0v) is 9.93. The number of benzene rings is 1.